The SMILES string of the molecule is CCn1cnc2sc(C(=O)NCc3ccccc3Cl)c(C)c2c1=O. The van der Waals surface area contributed by atoms with E-state index in [9.17, 15) is 9.59 Å². The highest BCUT2D eigenvalue weighted by Crippen LogP contribution is 2.26. The van der Waals surface area contributed by atoms with Crippen molar-refractivity contribution < 1.29 is 4.79 Å². The van der Waals surface area contributed by atoms with Crippen LogP contribution in [0.4, 0.5) is 0 Å². The maximum Gasteiger partial charge on any atom is 0.262 e. The number of nitrogens with one attached hydrogen (secondary N) is 1. The molecule has 1 amide bonds. The van der Waals surface area contributed by atoms with Crippen molar-refractivity contribution in [2.75, 3.05) is 0 Å². The van der Waals surface area contributed by atoms with Crippen LogP contribution in [0, 0.1) is 6.92 Å². The standard InChI is InChI=1S/C17H16ClN3O2S/c1-3-21-9-20-16-13(17(21)23)10(2)14(24-16)15(22)19-8-11-6-4-5-7-12(11)18/h4-7,9H,3,8H2,1-2H3,(H,19,22). The highest BCUT2D eigenvalue weighted by Gasteiger charge is 2.19. The van der Waals surface area contributed by atoms with Gasteiger partial charge in [0.15, 0.2) is 0 Å². The van der Waals surface area contributed by atoms with Crippen molar-refractivity contribution in [1.29, 1.82) is 0 Å². The maximum absolute atomic E-state index is 12.5. The topological polar surface area (TPSA) is 64.0 Å². The predicted molar refractivity (Wildman–Crippen MR) is 96.9 cm³/mol. The van der Waals surface area contributed by atoms with Gasteiger partial charge in [0.2, 0.25) is 0 Å². The molecule has 1 aromatic carbocycles. The monoisotopic (exact) mass is 361 g/mol. The summed E-state index contributed by atoms with van der Waals surface area (Å²) in [6.07, 6.45) is 1.52. The molecule has 0 unspecified atom stereocenters. The minimum atomic E-state index is -0.224. The molecule has 3 rings (SSSR count). The van der Waals surface area contributed by atoms with Gasteiger partial charge in [-0.1, -0.05) is 29.8 Å². The van der Waals surface area contributed by atoms with Gasteiger partial charge in [-0.15, -0.1) is 11.3 Å². The second-order valence-corrected chi connectivity index (χ2v) is 6.75. The normalized spacial score (nSPS) is 11.0. The molecule has 0 atom stereocenters. The molecule has 2 heterocycles. The third-order valence-corrected chi connectivity index (χ3v) is 5.43. The fourth-order valence-corrected chi connectivity index (χ4v) is 3.76. The van der Waals surface area contributed by atoms with E-state index in [0.717, 1.165) is 5.56 Å². The van der Waals surface area contributed by atoms with E-state index in [4.69, 9.17) is 11.6 Å². The van der Waals surface area contributed by atoms with Gasteiger partial charge in [0.05, 0.1) is 16.6 Å². The van der Waals surface area contributed by atoms with Crippen LogP contribution < -0.4 is 10.9 Å². The van der Waals surface area contributed by atoms with Crippen LogP contribution in [0.15, 0.2) is 35.4 Å². The van der Waals surface area contributed by atoms with Gasteiger partial charge in [0, 0.05) is 18.1 Å². The first-order valence-electron chi connectivity index (χ1n) is 7.53. The number of carbonyl (C=O) groups is 1. The van der Waals surface area contributed by atoms with E-state index in [0.29, 0.717) is 38.8 Å². The number of amides is 1. The number of carbonyl (C=O) groups excluding carboxylic acids is 1. The smallest absolute Gasteiger partial charge is 0.262 e. The van der Waals surface area contributed by atoms with Crippen LogP contribution in [0.5, 0.6) is 0 Å². The third-order valence-electron chi connectivity index (χ3n) is 3.86. The van der Waals surface area contributed by atoms with Gasteiger partial charge in [-0.25, -0.2) is 4.98 Å². The Morgan fingerprint density at radius 3 is 2.83 bits per heavy atom. The first kappa shape index (κ1) is 16.7. The van der Waals surface area contributed by atoms with Crippen molar-refractivity contribution >= 4 is 39.1 Å². The summed E-state index contributed by atoms with van der Waals surface area (Å²) in [5.74, 6) is -0.224. The fraction of sp³-hybridized carbons (Fsp3) is 0.235. The molecule has 0 fully saturated rings. The lowest BCUT2D eigenvalue weighted by molar-refractivity contribution is 0.0954. The molecule has 2 aromatic heterocycles. The minimum Gasteiger partial charge on any atom is -0.347 e. The van der Waals surface area contributed by atoms with Crippen LogP contribution in [0.3, 0.4) is 0 Å². The molecule has 3 aromatic rings. The third kappa shape index (κ3) is 2.95. The molecule has 5 nitrogen and oxygen atoms in total. The van der Waals surface area contributed by atoms with E-state index in [-0.39, 0.29) is 11.5 Å². The van der Waals surface area contributed by atoms with Crippen molar-refractivity contribution in [3.63, 3.8) is 0 Å². The highest BCUT2D eigenvalue weighted by atomic mass is 35.5. The molecular formula is C17H16ClN3O2S. The number of rotatable bonds is 4. The van der Waals surface area contributed by atoms with Crippen molar-refractivity contribution in [1.82, 2.24) is 14.9 Å². The Morgan fingerprint density at radius 1 is 1.38 bits per heavy atom. The Labute approximate surface area is 147 Å². The summed E-state index contributed by atoms with van der Waals surface area (Å²) in [5, 5.41) is 3.99. The maximum atomic E-state index is 12.5. The van der Waals surface area contributed by atoms with Gasteiger partial charge in [-0.2, -0.15) is 0 Å². The van der Waals surface area contributed by atoms with Gasteiger partial charge < -0.3 is 5.32 Å². The summed E-state index contributed by atoms with van der Waals surface area (Å²) in [6, 6.07) is 7.36. The van der Waals surface area contributed by atoms with Crippen molar-refractivity contribution in [3.8, 4) is 0 Å². The minimum absolute atomic E-state index is 0.110. The zero-order valence-electron chi connectivity index (χ0n) is 13.3. The average Bonchev–Trinajstić information content (AvgIpc) is 2.92. The Morgan fingerprint density at radius 2 is 2.12 bits per heavy atom. The predicted octanol–water partition coefficient (Wildman–Crippen LogP) is 3.37. The largest absolute Gasteiger partial charge is 0.347 e. The Kier molecular flexibility index (Phi) is 4.69. The first-order valence-corrected chi connectivity index (χ1v) is 8.72. The molecule has 0 aliphatic rings. The molecular weight excluding hydrogens is 346 g/mol. The lowest BCUT2D eigenvalue weighted by Gasteiger charge is -2.06. The van der Waals surface area contributed by atoms with E-state index in [2.05, 4.69) is 10.3 Å². The van der Waals surface area contributed by atoms with E-state index in [1.807, 2.05) is 25.1 Å². The number of aromatic nitrogens is 2. The van der Waals surface area contributed by atoms with Crippen LogP contribution in [0.25, 0.3) is 10.2 Å². The number of nitrogens with zero attached hydrogens (tertiary/aromatic N) is 2. The molecule has 0 saturated heterocycles. The van der Waals surface area contributed by atoms with E-state index >= 15 is 0 Å². The number of thiophene rings is 1. The zero-order valence-corrected chi connectivity index (χ0v) is 14.9. The second-order valence-electron chi connectivity index (χ2n) is 5.35. The lowest BCUT2D eigenvalue weighted by atomic mass is 10.2. The summed E-state index contributed by atoms with van der Waals surface area (Å²) >= 11 is 7.34. The van der Waals surface area contributed by atoms with Crippen LogP contribution in [0.2, 0.25) is 5.02 Å². The van der Waals surface area contributed by atoms with Crippen molar-refractivity contribution in [2.45, 2.75) is 26.9 Å². The molecule has 0 saturated carbocycles. The quantitative estimate of drug-likeness (QED) is 0.774. The summed E-state index contributed by atoms with van der Waals surface area (Å²) in [7, 11) is 0. The summed E-state index contributed by atoms with van der Waals surface area (Å²) in [5.41, 5.74) is 1.41. The highest BCUT2D eigenvalue weighted by molar-refractivity contribution is 7.20. The Bertz CT molecular complexity index is 978. The zero-order chi connectivity index (χ0) is 17.3. The summed E-state index contributed by atoms with van der Waals surface area (Å²) < 4.78 is 1.54. The van der Waals surface area contributed by atoms with E-state index in [1.165, 1.54) is 22.2 Å². The van der Waals surface area contributed by atoms with E-state index in [1.54, 1.807) is 13.0 Å². The van der Waals surface area contributed by atoms with E-state index < -0.39 is 0 Å². The van der Waals surface area contributed by atoms with Gasteiger partial charge in [0.25, 0.3) is 11.5 Å². The Balaban J connectivity index is 1.90. The molecule has 1 N–H and O–H groups in total. The number of hydrogen-bond acceptors (Lipinski definition) is 4. The molecule has 0 radical (unpaired) electrons. The second kappa shape index (κ2) is 6.75. The molecule has 24 heavy (non-hydrogen) atoms. The van der Waals surface area contributed by atoms with Gasteiger partial charge in [-0.05, 0) is 31.0 Å². The van der Waals surface area contributed by atoms with Gasteiger partial charge in [0.1, 0.15) is 4.83 Å². The lowest BCUT2D eigenvalue weighted by Crippen LogP contribution is -2.23. The molecule has 124 valence electrons. The van der Waals surface area contributed by atoms with Crippen LogP contribution in [-0.4, -0.2) is 15.5 Å². The molecule has 0 bridgehead atoms. The number of aryl methyl sites for hydroxylation is 2. The van der Waals surface area contributed by atoms with Crippen LogP contribution in [0.1, 0.15) is 27.7 Å². The van der Waals surface area contributed by atoms with Crippen LogP contribution >= 0.6 is 22.9 Å². The van der Waals surface area contributed by atoms with Crippen LogP contribution in [-0.2, 0) is 13.1 Å². The molecule has 0 aliphatic heterocycles. The number of hydrogen-bond donors (Lipinski definition) is 1. The fourth-order valence-electron chi connectivity index (χ4n) is 2.50. The number of halogens is 1. The molecule has 0 spiro atoms. The number of fused-ring (bicyclic) bond motifs is 1. The first-order chi connectivity index (χ1) is 11.5. The van der Waals surface area contributed by atoms with Gasteiger partial charge >= 0.3 is 0 Å². The number of benzene rings is 1. The summed E-state index contributed by atoms with van der Waals surface area (Å²) in [6.45, 7) is 4.55. The molecule has 7 heteroatoms. The van der Waals surface area contributed by atoms with Crippen molar-refractivity contribution in [2.24, 2.45) is 0 Å². The Hall–Kier alpha value is -2.18. The van der Waals surface area contributed by atoms with Crippen molar-refractivity contribution in [3.05, 3.63) is 62.0 Å². The molecule has 0 aliphatic carbocycles. The summed E-state index contributed by atoms with van der Waals surface area (Å²) in [4.78, 5) is 30.3. The van der Waals surface area contributed by atoms with Gasteiger partial charge in [-0.3, -0.25) is 14.2 Å². The average molecular weight is 362 g/mol.